The van der Waals surface area contributed by atoms with Crippen LogP contribution in [-0.2, 0) is 0 Å². The molecule has 0 atom stereocenters. The van der Waals surface area contributed by atoms with Crippen molar-refractivity contribution in [2.45, 2.75) is 0 Å². The number of phenolic OH excluding ortho intramolecular Hbond substituents is 1. The number of benzene rings is 2. The zero-order valence-electron chi connectivity index (χ0n) is 10.2. The van der Waals surface area contributed by atoms with E-state index in [9.17, 15) is 15.2 Å². The molecular formula is C13H10ClN3O3. The number of nitrogens with zero attached hydrogens (tertiary/aromatic N) is 2. The van der Waals surface area contributed by atoms with Gasteiger partial charge in [0.05, 0.1) is 16.8 Å². The Bertz CT molecular complexity index is 674. The molecule has 0 aliphatic carbocycles. The Hall–Kier alpha value is -2.60. The van der Waals surface area contributed by atoms with Crippen LogP contribution >= 0.6 is 11.6 Å². The van der Waals surface area contributed by atoms with E-state index in [1.54, 1.807) is 24.3 Å². The molecule has 0 saturated carbocycles. The molecule has 0 aromatic heterocycles. The summed E-state index contributed by atoms with van der Waals surface area (Å²) in [5, 5.41) is 24.5. The minimum Gasteiger partial charge on any atom is -0.502 e. The Morgan fingerprint density at radius 3 is 2.80 bits per heavy atom. The van der Waals surface area contributed by atoms with Gasteiger partial charge in [-0.05, 0) is 30.3 Å². The molecule has 2 aromatic rings. The number of aromatic hydroxyl groups is 1. The summed E-state index contributed by atoms with van der Waals surface area (Å²) in [6, 6.07) is 11.0. The van der Waals surface area contributed by atoms with Crippen molar-refractivity contribution in [3.8, 4) is 5.75 Å². The molecule has 2 N–H and O–H groups in total. The second kappa shape index (κ2) is 6.03. The summed E-state index contributed by atoms with van der Waals surface area (Å²) in [7, 11) is 0. The second-order valence-electron chi connectivity index (χ2n) is 3.89. The van der Waals surface area contributed by atoms with Gasteiger partial charge in [0, 0.05) is 16.7 Å². The fourth-order valence-corrected chi connectivity index (χ4v) is 1.70. The first-order valence-electron chi connectivity index (χ1n) is 5.58. The van der Waals surface area contributed by atoms with E-state index >= 15 is 0 Å². The highest BCUT2D eigenvalue weighted by molar-refractivity contribution is 6.30. The molecule has 6 nitrogen and oxygen atoms in total. The molecule has 0 heterocycles. The van der Waals surface area contributed by atoms with Gasteiger partial charge in [0.15, 0.2) is 5.75 Å². The maximum Gasteiger partial charge on any atom is 0.311 e. The monoisotopic (exact) mass is 291 g/mol. The number of hydrogen-bond acceptors (Lipinski definition) is 5. The van der Waals surface area contributed by atoms with Crippen molar-refractivity contribution in [3.63, 3.8) is 0 Å². The molecule has 0 fully saturated rings. The van der Waals surface area contributed by atoms with E-state index in [1.165, 1.54) is 24.4 Å². The van der Waals surface area contributed by atoms with Gasteiger partial charge in [-0.2, -0.15) is 5.10 Å². The topological polar surface area (TPSA) is 87.8 Å². The summed E-state index contributed by atoms with van der Waals surface area (Å²) in [4.78, 5) is 10.0. The first-order valence-corrected chi connectivity index (χ1v) is 5.96. The first-order chi connectivity index (χ1) is 9.56. The summed E-state index contributed by atoms with van der Waals surface area (Å²) in [5.74, 6) is -0.380. The van der Waals surface area contributed by atoms with Crippen LogP contribution in [0, 0.1) is 10.1 Å². The molecule has 20 heavy (non-hydrogen) atoms. The van der Waals surface area contributed by atoms with E-state index in [4.69, 9.17) is 11.6 Å². The summed E-state index contributed by atoms with van der Waals surface area (Å²) >= 11 is 5.82. The number of hydrazone groups is 1. The predicted octanol–water partition coefficient (Wildman–Crippen LogP) is 3.40. The van der Waals surface area contributed by atoms with Gasteiger partial charge in [0.2, 0.25) is 0 Å². The second-order valence-corrected chi connectivity index (χ2v) is 4.32. The van der Waals surface area contributed by atoms with Crippen molar-refractivity contribution in [1.29, 1.82) is 0 Å². The smallest absolute Gasteiger partial charge is 0.311 e. The van der Waals surface area contributed by atoms with Gasteiger partial charge in [0.25, 0.3) is 0 Å². The third-order valence-electron chi connectivity index (χ3n) is 2.43. The van der Waals surface area contributed by atoms with E-state index in [0.29, 0.717) is 16.3 Å². The van der Waals surface area contributed by atoms with Gasteiger partial charge in [0.1, 0.15) is 0 Å². The molecule has 0 spiro atoms. The highest BCUT2D eigenvalue weighted by atomic mass is 35.5. The van der Waals surface area contributed by atoms with E-state index in [-0.39, 0.29) is 11.4 Å². The van der Waals surface area contributed by atoms with E-state index < -0.39 is 4.92 Å². The average molecular weight is 292 g/mol. The number of halogens is 1. The van der Waals surface area contributed by atoms with Gasteiger partial charge in [-0.25, -0.2) is 0 Å². The Balaban J connectivity index is 2.12. The zero-order chi connectivity index (χ0) is 14.5. The Kier molecular flexibility index (Phi) is 4.17. The van der Waals surface area contributed by atoms with Crippen LogP contribution in [0.3, 0.4) is 0 Å². The lowest BCUT2D eigenvalue weighted by atomic mass is 10.2. The number of hydrogen-bond donors (Lipinski definition) is 2. The SMILES string of the molecule is O=[N+]([O-])c1cc(C=NNc2cccc(Cl)c2)ccc1O. The molecule has 7 heteroatoms. The van der Waals surface area contributed by atoms with E-state index in [0.717, 1.165) is 0 Å². The standard InChI is InChI=1S/C13H10ClN3O3/c14-10-2-1-3-11(7-10)16-15-8-9-4-5-13(18)12(6-9)17(19)20/h1-8,16,18H. The van der Waals surface area contributed by atoms with Gasteiger partial charge in [-0.1, -0.05) is 17.7 Å². The summed E-state index contributed by atoms with van der Waals surface area (Å²) in [6.45, 7) is 0. The average Bonchev–Trinajstić information content (AvgIpc) is 2.40. The number of nitrogens with one attached hydrogen (secondary N) is 1. The molecule has 0 radical (unpaired) electrons. The third kappa shape index (κ3) is 3.46. The molecule has 0 aliphatic rings. The molecule has 2 rings (SSSR count). The van der Waals surface area contributed by atoms with Gasteiger partial charge >= 0.3 is 5.69 Å². The quantitative estimate of drug-likeness (QED) is 0.513. The van der Waals surface area contributed by atoms with Crippen molar-refractivity contribution >= 4 is 29.2 Å². The predicted molar refractivity (Wildman–Crippen MR) is 77.4 cm³/mol. The van der Waals surface area contributed by atoms with Crippen LogP contribution in [-0.4, -0.2) is 16.2 Å². The van der Waals surface area contributed by atoms with E-state index in [1.807, 2.05) is 0 Å². The van der Waals surface area contributed by atoms with Crippen molar-refractivity contribution in [1.82, 2.24) is 0 Å². The third-order valence-corrected chi connectivity index (χ3v) is 2.66. The Labute approximate surface area is 119 Å². The Morgan fingerprint density at radius 2 is 2.10 bits per heavy atom. The lowest BCUT2D eigenvalue weighted by Gasteiger charge is -2.00. The maximum atomic E-state index is 10.7. The lowest BCUT2D eigenvalue weighted by molar-refractivity contribution is -0.385. The molecule has 0 unspecified atom stereocenters. The van der Waals surface area contributed by atoms with Crippen molar-refractivity contribution < 1.29 is 10.0 Å². The normalized spacial score (nSPS) is 10.7. The molecule has 0 amide bonds. The number of nitro groups is 1. The van der Waals surface area contributed by atoms with Gasteiger partial charge in [-0.3, -0.25) is 15.5 Å². The minimum atomic E-state index is -0.656. The van der Waals surface area contributed by atoms with Crippen molar-refractivity contribution in [2.75, 3.05) is 5.43 Å². The number of nitro benzene ring substituents is 1. The number of rotatable bonds is 4. The molecule has 0 aliphatic heterocycles. The zero-order valence-corrected chi connectivity index (χ0v) is 10.9. The molecule has 0 saturated heterocycles. The fourth-order valence-electron chi connectivity index (χ4n) is 1.51. The number of anilines is 1. The van der Waals surface area contributed by atoms with Crippen LogP contribution in [0.5, 0.6) is 5.75 Å². The fraction of sp³-hybridized carbons (Fsp3) is 0. The van der Waals surface area contributed by atoms with Crippen LogP contribution < -0.4 is 5.43 Å². The highest BCUT2D eigenvalue weighted by Crippen LogP contribution is 2.25. The van der Waals surface area contributed by atoms with Crippen LogP contribution in [0.2, 0.25) is 5.02 Å². The van der Waals surface area contributed by atoms with Crippen LogP contribution in [0.25, 0.3) is 0 Å². The molecule has 102 valence electrons. The van der Waals surface area contributed by atoms with Crippen LogP contribution in [0.1, 0.15) is 5.56 Å². The highest BCUT2D eigenvalue weighted by Gasteiger charge is 2.12. The molecule has 2 aromatic carbocycles. The minimum absolute atomic E-state index is 0.364. The van der Waals surface area contributed by atoms with Gasteiger partial charge < -0.3 is 5.11 Å². The number of phenols is 1. The maximum absolute atomic E-state index is 10.7. The van der Waals surface area contributed by atoms with Gasteiger partial charge in [-0.15, -0.1) is 0 Å². The summed E-state index contributed by atoms with van der Waals surface area (Å²) in [5.41, 5.74) is 3.57. The van der Waals surface area contributed by atoms with Crippen molar-refractivity contribution in [3.05, 3.63) is 63.2 Å². The summed E-state index contributed by atoms with van der Waals surface area (Å²) < 4.78 is 0. The van der Waals surface area contributed by atoms with Crippen LogP contribution in [0.4, 0.5) is 11.4 Å². The van der Waals surface area contributed by atoms with E-state index in [2.05, 4.69) is 10.5 Å². The Morgan fingerprint density at radius 1 is 1.30 bits per heavy atom. The van der Waals surface area contributed by atoms with Crippen molar-refractivity contribution in [2.24, 2.45) is 5.10 Å². The lowest BCUT2D eigenvalue weighted by Crippen LogP contribution is -1.93. The molecule has 0 bridgehead atoms. The van der Waals surface area contributed by atoms with Crippen LogP contribution in [0.15, 0.2) is 47.6 Å². The molecular weight excluding hydrogens is 282 g/mol. The largest absolute Gasteiger partial charge is 0.502 e. The summed E-state index contributed by atoms with van der Waals surface area (Å²) in [6.07, 6.45) is 1.41. The first kappa shape index (κ1) is 13.8.